The van der Waals surface area contributed by atoms with E-state index in [0.29, 0.717) is 10.9 Å². The summed E-state index contributed by atoms with van der Waals surface area (Å²) >= 11 is 6.53. The fourth-order valence-corrected chi connectivity index (χ4v) is 4.19. The van der Waals surface area contributed by atoms with Gasteiger partial charge in [-0.05, 0) is 49.4 Å². The number of aromatic nitrogens is 1. The van der Waals surface area contributed by atoms with Crippen molar-refractivity contribution in [2.45, 2.75) is 26.7 Å². The lowest BCUT2D eigenvalue weighted by Gasteiger charge is -2.30. The van der Waals surface area contributed by atoms with E-state index in [-0.39, 0.29) is 5.91 Å². The summed E-state index contributed by atoms with van der Waals surface area (Å²) in [6.07, 6.45) is 2.14. The molecular weight excluding hydrogens is 368 g/mol. The molecule has 0 N–H and O–H groups in total. The number of benzene rings is 2. The van der Waals surface area contributed by atoms with Crippen LogP contribution in [0, 0.1) is 12.8 Å². The summed E-state index contributed by atoms with van der Waals surface area (Å²) in [6, 6.07) is 20.0. The summed E-state index contributed by atoms with van der Waals surface area (Å²) in [5.41, 5.74) is 4.63. The number of rotatable bonds is 3. The molecule has 1 aliphatic rings. The van der Waals surface area contributed by atoms with Crippen molar-refractivity contribution in [2.24, 2.45) is 5.92 Å². The van der Waals surface area contributed by atoms with E-state index in [1.807, 2.05) is 60.4 Å². The molecule has 0 spiro atoms. The van der Waals surface area contributed by atoms with Crippen molar-refractivity contribution in [1.29, 1.82) is 0 Å². The van der Waals surface area contributed by atoms with Gasteiger partial charge in [0.05, 0.1) is 22.0 Å². The molecule has 4 rings (SSSR count). The van der Waals surface area contributed by atoms with Gasteiger partial charge in [-0.2, -0.15) is 0 Å². The lowest BCUT2D eigenvalue weighted by molar-refractivity contribution is 0.0696. The quantitative estimate of drug-likeness (QED) is 0.538. The van der Waals surface area contributed by atoms with Crippen LogP contribution in [0.4, 0.5) is 0 Å². The number of hydrogen-bond acceptors (Lipinski definition) is 1. The molecule has 0 aliphatic carbocycles. The highest BCUT2D eigenvalue weighted by Crippen LogP contribution is 2.33. The molecule has 0 atom stereocenters. The summed E-state index contributed by atoms with van der Waals surface area (Å²) in [6.45, 7) is 5.93. The van der Waals surface area contributed by atoms with Crippen molar-refractivity contribution in [3.63, 3.8) is 0 Å². The normalized spacial score (nSPS) is 15.0. The molecule has 4 heteroatoms. The van der Waals surface area contributed by atoms with Gasteiger partial charge in [0.2, 0.25) is 0 Å². The van der Waals surface area contributed by atoms with Gasteiger partial charge in [-0.1, -0.05) is 61.0 Å². The minimum Gasteiger partial charge on any atom is -0.339 e. The SMILES string of the molecule is Cc1c(C(=O)N2CCC(C)CC2)cc(-c2ccccc2)n1-c1ccccc1Cl. The summed E-state index contributed by atoms with van der Waals surface area (Å²) in [7, 11) is 0. The first kappa shape index (κ1) is 18.8. The molecular formula is C24H25ClN2O. The van der Waals surface area contributed by atoms with E-state index >= 15 is 0 Å². The number of amides is 1. The molecule has 2 heterocycles. The van der Waals surface area contributed by atoms with Gasteiger partial charge in [-0.25, -0.2) is 0 Å². The Morgan fingerprint density at radius 2 is 1.64 bits per heavy atom. The maximum atomic E-state index is 13.3. The number of nitrogens with zero attached hydrogens (tertiary/aromatic N) is 2. The highest BCUT2D eigenvalue weighted by molar-refractivity contribution is 6.32. The molecule has 1 aliphatic heterocycles. The standard InChI is InChI=1S/C24H25ClN2O/c1-17-12-14-26(15-13-17)24(28)20-16-23(19-8-4-3-5-9-19)27(18(20)2)22-11-7-6-10-21(22)25/h3-11,16-17H,12-15H2,1-2H3. The zero-order valence-electron chi connectivity index (χ0n) is 16.4. The molecule has 2 aromatic carbocycles. The Bertz CT molecular complexity index is 985. The Labute approximate surface area is 171 Å². The van der Waals surface area contributed by atoms with E-state index in [9.17, 15) is 4.79 Å². The first-order valence-electron chi connectivity index (χ1n) is 9.88. The van der Waals surface area contributed by atoms with Crippen LogP contribution in [-0.2, 0) is 0 Å². The highest BCUT2D eigenvalue weighted by atomic mass is 35.5. The minimum atomic E-state index is 0.118. The number of para-hydroxylation sites is 1. The van der Waals surface area contributed by atoms with Crippen LogP contribution in [0.15, 0.2) is 60.7 Å². The Kier molecular flexibility index (Phi) is 5.27. The maximum Gasteiger partial charge on any atom is 0.255 e. The van der Waals surface area contributed by atoms with E-state index in [1.54, 1.807) is 0 Å². The molecule has 1 aromatic heterocycles. The number of piperidine rings is 1. The molecule has 28 heavy (non-hydrogen) atoms. The van der Waals surface area contributed by atoms with Crippen molar-refractivity contribution in [2.75, 3.05) is 13.1 Å². The first-order chi connectivity index (χ1) is 13.6. The number of halogens is 1. The average molecular weight is 393 g/mol. The van der Waals surface area contributed by atoms with Gasteiger partial charge in [0, 0.05) is 18.8 Å². The van der Waals surface area contributed by atoms with Crippen LogP contribution in [-0.4, -0.2) is 28.5 Å². The van der Waals surface area contributed by atoms with Crippen LogP contribution in [0.1, 0.15) is 35.8 Å². The zero-order chi connectivity index (χ0) is 19.7. The molecule has 0 bridgehead atoms. The predicted molar refractivity (Wildman–Crippen MR) is 115 cm³/mol. The summed E-state index contributed by atoms with van der Waals surface area (Å²) in [5.74, 6) is 0.810. The van der Waals surface area contributed by atoms with Gasteiger partial charge in [-0.3, -0.25) is 4.79 Å². The van der Waals surface area contributed by atoms with Gasteiger partial charge in [0.25, 0.3) is 5.91 Å². The van der Waals surface area contributed by atoms with Crippen LogP contribution in [0.25, 0.3) is 16.9 Å². The fraction of sp³-hybridized carbons (Fsp3) is 0.292. The van der Waals surface area contributed by atoms with Gasteiger partial charge >= 0.3 is 0 Å². The second-order valence-corrected chi connectivity index (χ2v) is 8.06. The van der Waals surface area contributed by atoms with Gasteiger partial charge in [0.1, 0.15) is 0 Å². The summed E-state index contributed by atoms with van der Waals surface area (Å²) in [4.78, 5) is 15.3. The number of carbonyl (C=O) groups excluding carboxylic acids is 1. The lowest BCUT2D eigenvalue weighted by Crippen LogP contribution is -2.38. The molecule has 0 unspecified atom stereocenters. The highest BCUT2D eigenvalue weighted by Gasteiger charge is 2.26. The van der Waals surface area contributed by atoms with Crippen molar-refractivity contribution in [3.05, 3.63) is 76.9 Å². The van der Waals surface area contributed by atoms with Crippen molar-refractivity contribution < 1.29 is 4.79 Å². The lowest BCUT2D eigenvalue weighted by atomic mass is 9.98. The average Bonchev–Trinajstić information content (AvgIpc) is 3.06. The molecule has 1 fully saturated rings. The number of carbonyl (C=O) groups is 1. The van der Waals surface area contributed by atoms with E-state index in [2.05, 4.69) is 23.6 Å². The summed E-state index contributed by atoms with van der Waals surface area (Å²) < 4.78 is 2.11. The minimum absolute atomic E-state index is 0.118. The third-order valence-electron chi connectivity index (χ3n) is 5.71. The Hall–Kier alpha value is -2.52. The second kappa shape index (κ2) is 7.84. The summed E-state index contributed by atoms with van der Waals surface area (Å²) in [5, 5.41) is 0.671. The molecule has 144 valence electrons. The van der Waals surface area contributed by atoms with Gasteiger partial charge in [-0.15, -0.1) is 0 Å². The van der Waals surface area contributed by atoms with Crippen LogP contribution in [0.5, 0.6) is 0 Å². The second-order valence-electron chi connectivity index (χ2n) is 7.66. The largest absolute Gasteiger partial charge is 0.339 e. The smallest absolute Gasteiger partial charge is 0.255 e. The van der Waals surface area contributed by atoms with Crippen molar-refractivity contribution in [1.82, 2.24) is 9.47 Å². The van der Waals surface area contributed by atoms with E-state index in [4.69, 9.17) is 11.6 Å². The monoisotopic (exact) mass is 392 g/mol. The molecule has 0 radical (unpaired) electrons. The third-order valence-corrected chi connectivity index (χ3v) is 6.03. The van der Waals surface area contributed by atoms with E-state index in [1.165, 1.54) is 0 Å². The predicted octanol–water partition coefficient (Wildman–Crippen LogP) is 5.98. The van der Waals surface area contributed by atoms with Crippen molar-refractivity contribution >= 4 is 17.5 Å². The van der Waals surface area contributed by atoms with Crippen molar-refractivity contribution in [3.8, 4) is 16.9 Å². The molecule has 3 nitrogen and oxygen atoms in total. The van der Waals surface area contributed by atoms with E-state index < -0.39 is 0 Å². The Morgan fingerprint density at radius 1 is 1.00 bits per heavy atom. The Morgan fingerprint density at radius 3 is 2.32 bits per heavy atom. The number of likely N-dealkylation sites (tertiary alicyclic amines) is 1. The van der Waals surface area contributed by atoms with Gasteiger partial charge < -0.3 is 9.47 Å². The number of hydrogen-bond donors (Lipinski definition) is 0. The van der Waals surface area contributed by atoms with Crippen LogP contribution in [0.3, 0.4) is 0 Å². The molecule has 1 saturated heterocycles. The van der Waals surface area contributed by atoms with Crippen LogP contribution < -0.4 is 0 Å². The third kappa shape index (κ3) is 3.47. The van der Waals surface area contributed by atoms with E-state index in [0.717, 1.165) is 54.1 Å². The molecule has 0 saturated carbocycles. The Balaban J connectivity index is 1.83. The topological polar surface area (TPSA) is 25.2 Å². The first-order valence-corrected chi connectivity index (χ1v) is 10.3. The maximum absolute atomic E-state index is 13.3. The molecule has 3 aromatic rings. The van der Waals surface area contributed by atoms with Crippen LogP contribution >= 0.6 is 11.6 Å². The van der Waals surface area contributed by atoms with Crippen LogP contribution in [0.2, 0.25) is 5.02 Å². The molecule has 1 amide bonds. The zero-order valence-corrected chi connectivity index (χ0v) is 17.1. The fourth-order valence-electron chi connectivity index (χ4n) is 3.97. The van der Waals surface area contributed by atoms with Gasteiger partial charge in [0.15, 0.2) is 0 Å².